The van der Waals surface area contributed by atoms with Gasteiger partial charge < -0.3 is 0 Å². The first kappa shape index (κ1) is 15.6. The molecule has 1 N–H and O–H groups in total. The summed E-state index contributed by atoms with van der Waals surface area (Å²) in [7, 11) is -4.43. The molecule has 1 atom stereocenters. The highest BCUT2D eigenvalue weighted by Crippen LogP contribution is 2.11. The molecule has 2 rings (SSSR count). The second kappa shape index (κ2) is 7.21. The standard InChI is InChI=1S/C10H8.C4H9FO3S/c1-2-6-10-8-4-3-7-9(10)5-1;1-2-3-4(5)9(6,7)8/h1-8H;4H,2-3H2,1H3,(H,6,7,8). The average Bonchev–Trinajstić information content (AvgIpc) is 2.39. The maximum atomic E-state index is 12.1. The van der Waals surface area contributed by atoms with Crippen LogP contribution >= 0.6 is 0 Å². The van der Waals surface area contributed by atoms with Crippen LogP contribution in [0.15, 0.2) is 48.5 Å². The monoisotopic (exact) mass is 284 g/mol. The van der Waals surface area contributed by atoms with E-state index in [0.29, 0.717) is 6.42 Å². The Labute approximate surface area is 112 Å². The molecular formula is C14H17FO3S. The van der Waals surface area contributed by atoms with Gasteiger partial charge in [-0.2, -0.15) is 8.42 Å². The molecule has 0 radical (unpaired) electrons. The topological polar surface area (TPSA) is 54.4 Å². The van der Waals surface area contributed by atoms with Crippen molar-refractivity contribution in [1.82, 2.24) is 0 Å². The summed E-state index contributed by atoms with van der Waals surface area (Å²) >= 11 is 0. The smallest absolute Gasteiger partial charge is 0.283 e. The van der Waals surface area contributed by atoms with Crippen LogP contribution in [0.3, 0.4) is 0 Å². The van der Waals surface area contributed by atoms with Crippen LogP contribution in [0.5, 0.6) is 0 Å². The lowest BCUT2D eigenvalue weighted by Gasteiger charge is -1.99. The quantitative estimate of drug-likeness (QED) is 0.872. The predicted octanol–water partition coefficient (Wildman–Crippen LogP) is 3.81. The first-order valence-corrected chi connectivity index (χ1v) is 7.49. The van der Waals surface area contributed by atoms with Gasteiger partial charge in [0.1, 0.15) is 0 Å². The van der Waals surface area contributed by atoms with Crippen LogP contribution in [0.25, 0.3) is 10.8 Å². The van der Waals surface area contributed by atoms with E-state index in [0.717, 1.165) is 0 Å². The van der Waals surface area contributed by atoms with Gasteiger partial charge in [-0.1, -0.05) is 61.9 Å². The molecule has 0 aliphatic rings. The van der Waals surface area contributed by atoms with Crippen molar-refractivity contribution in [2.45, 2.75) is 25.3 Å². The van der Waals surface area contributed by atoms with Crippen molar-refractivity contribution in [2.75, 3.05) is 0 Å². The lowest BCUT2D eigenvalue weighted by atomic mass is 10.1. The second-order valence-electron chi connectivity index (χ2n) is 4.06. The van der Waals surface area contributed by atoms with E-state index >= 15 is 0 Å². The first-order chi connectivity index (χ1) is 8.95. The molecule has 19 heavy (non-hydrogen) atoms. The molecule has 0 spiro atoms. The summed E-state index contributed by atoms with van der Waals surface area (Å²) in [5, 5.41) is 2.62. The number of halogens is 1. The fourth-order valence-electron chi connectivity index (χ4n) is 1.51. The van der Waals surface area contributed by atoms with Crippen LogP contribution < -0.4 is 0 Å². The highest BCUT2D eigenvalue weighted by molar-refractivity contribution is 7.86. The number of rotatable bonds is 3. The molecule has 104 valence electrons. The summed E-state index contributed by atoms with van der Waals surface area (Å²) in [6.45, 7) is 1.64. The summed E-state index contributed by atoms with van der Waals surface area (Å²) in [5.41, 5.74) is -2.11. The molecule has 3 nitrogen and oxygen atoms in total. The minimum absolute atomic E-state index is 0.140. The van der Waals surface area contributed by atoms with Crippen molar-refractivity contribution in [3.8, 4) is 0 Å². The number of fused-ring (bicyclic) bond motifs is 1. The Balaban J connectivity index is 0.000000192. The van der Waals surface area contributed by atoms with Gasteiger partial charge >= 0.3 is 0 Å². The molecule has 0 aromatic heterocycles. The Morgan fingerprint density at radius 2 is 1.42 bits per heavy atom. The van der Waals surface area contributed by atoms with Crippen molar-refractivity contribution in [3.63, 3.8) is 0 Å². The molecule has 0 aliphatic heterocycles. The summed E-state index contributed by atoms with van der Waals surface area (Å²) in [4.78, 5) is 0. The van der Waals surface area contributed by atoms with Crippen LogP contribution in [-0.4, -0.2) is 18.5 Å². The van der Waals surface area contributed by atoms with E-state index in [1.807, 2.05) is 0 Å². The fourth-order valence-corrected chi connectivity index (χ4v) is 2.04. The van der Waals surface area contributed by atoms with Crippen molar-refractivity contribution >= 4 is 20.9 Å². The van der Waals surface area contributed by atoms with Crippen LogP contribution in [0, 0.1) is 0 Å². The van der Waals surface area contributed by atoms with E-state index in [4.69, 9.17) is 4.55 Å². The van der Waals surface area contributed by atoms with E-state index in [1.54, 1.807) is 6.92 Å². The third kappa shape index (κ3) is 5.36. The Kier molecular flexibility index (Phi) is 5.92. The van der Waals surface area contributed by atoms with Gasteiger partial charge in [0, 0.05) is 0 Å². The molecule has 0 fully saturated rings. The largest absolute Gasteiger partial charge is 0.297 e. The molecular weight excluding hydrogens is 267 g/mol. The lowest BCUT2D eigenvalue weighted by molar-refractivity contribution is 0.357. The van der Waals surface area contributed by atoms with E-state index < -0.39 is 15.6 Å². The van der Waals surface area contributed by atoms with Gasteiger partial charge in [0.2, 0.25) is 5.50 Å². The van der Waals surface area contributed by atoms with E-state index in [9.17, 15) is 12.8 Å². The molecule has 0 bridgehead atoms. The van der Waals surface area contributed by atoms with E-state index in [2.05, 4.69) is 48.5 Å². The highest BCUT2D eigenvalue weighted by atomic mass is 32.2. The number of hydrogen-bond donors (Lipinski definition) is 1. The molecule has 0 aliphatic carbocycles. The maximum Gasteiger partial charge on any atom is 0.297 e. The van der Waals surface area contributed by atoms with Gasteiger partial charge in [0.25, 0.3) is 10.1 Å². The van der Waals surface area contributed by atoms with Gasteiger partial charge in [0.15, 0.2) is 0 Å². The van der Waals surface area contributed by atoms with Crippen molar-refractivity contribution in [2.24, 2.45) is 0 Å². The number of alkyl halides is 1. The normalized spacial score (nSPS) is 12.6. The molecule has 5 heteroatoms. The minimum atomic E-state index is -4.43. The zero-order chi connectivity index (χ0) is 14.3. The molecule has 0 amide bonds. The van der Waals surface area contributed by atoms with Crippen molar-refractivity contribution < 1.29 is 17.4 Å². The number of benzene rings is 2. The molecule has 0 saturated heterocycles. The summed E-state index contributed by atoms with van der Waals surface area (Å²) in [6, 6.07) is 16.7. The second-order valence-corrected chi connectivity index (χ2v) is 5.60. The average molecular weight is 284 g/mol. The van der Waals surface area contributed by atoms with Crippen LogP contribution in [0.2, 0.25) is 0 Å². The minimum Gasteiger partial charge on any atom is -0.283 e. The summed E-state index contributed by atoms with van der Waals surface area (Å²) in [5.74, 6) is 0. The molecule has 0 saturated carbocycles. The third-order valence-electron chi connectivity index (χ3n) is 2.50. The van der Waals surface area contributed by atoms with Gasteiger partial charge in [0.05, 0.1) is 0 Å². The van der Waals surface area contributed by atoms with Crippen molar-refractivity contribution in [1.29, 1.82) is 0 Å². The van der Waals surface area contributed by atoms with Crippen LogP contribution in [-0.2, 0) is 10.1 Å². The zero-order valence-corrected chi connectivity index (χ0v) is 11.5. The molecule has 1 unspecified atom stereocenters. The first-order valence-electron chi connectivity index (χ1n) is 5.99. The van der Waals surface area contributed by atoms with Gasteiger partial charge in [-0.25, -0.2) is 4.39 Å². The molecule has 2 aromatic rings. The molecule has 0 heterocycles. The maximum absolute atomic E-state index is 12.1. The van der Waals surface area contributed by atoms with E-state index in [1.165, 1.54) is 10.8 Å². The Morgan fingerprint density at radius 1 is 1.05 bits per heavy atom. The zero-order valence-electron chi connectivity index (χ0n) is 10.7. The lowest BCUT2D eigenvalue weighted by Crippen LogP contribution is -2.13. The Bertz CT molecular complexity index is 545. The van der Waals surface area contributed by atoms with E-state index in [-0.39, 0.29) is 6.42 Å². The van der Waals surface area contributed by atoms with Gasteiger partial charge in [-0.05, 0) is 17.2 Å². The fraction of sp³-hybridized carbons (Fsp3) is 0.286. The van der Waals surface area contributed by atoms with Gasteiger partial charge in [-0.15, -0.1) is 0 Å². The Hall–Kier alpha value is -1.46. The van der Waals surface area contributed by atoms with Crippen LogP contribution in [0.1, 0.15) is 19.8 Å². The SMILES string of the molecule is CCCC(F)S(=O)(=O)O.c1ccc2ccccc2c1. The molecule has 2 aromatic carbocycles. The summed E-state index contributed by atoms with van der Waals surface area (Å²) in [6.07, 6.45) is 0.264. The van der Waals surface area contributed by atoms with Crippen LogP contribution in [0.4, 0.5) is 4.39 Å². The van der Waals surface area contributed by atoms with Gasteiger partial charge in [-0.3, -0.25) is 4.55 Å². The highest BCUT2D eigenvalue weighted by Gasteiger charge is 2.19. The predicted molar refractivity (Wildman–Crippen MR) is 75.3 cm³/mol. The third-order valence-corrected chi connectivity index (χ3v) is 3.38. The van der Waals surface area contributed by atoms with Crippen molar-refractivity contribution in [3.05, 3.63) is 48.5 Å². The summed E-state index contributed by atoms with van der Waals surface area (Å²) < 4.78 is 39.9. The number of hydrogen-bond acceptors (Lipinski definition) is 2. The Morgan fingerprint density at radius 3 is 1.63 bits per heavy atom.